The van der Waals surface area contributed by atoms with Crippen LogP contribution in [0.15, 0.2) is 23.8 Å². The van der Waals surface area contributed by atoms with Gasteiger partial charge in [-0.15, -0.1) is 11.3 Å². The second kappa shape index (κ2) is 7.17. The molecule has 0 spiro atoms. The molecule has 3 heterocycles. The summed E-state index contributed by atoms with van der Waals surface area (Å²) in [6, 6.07) is 2.00. The lowest BCUT2D eigenvalue weighted by Crippen LogP contribution is -2.35. The van der Waals surface area contributed by atoms with Crippen LogP contribution in [0.25, 0.3) is 0 Å². The topological polar surface area (TPSA) is 52.6 Å². The Hall–Kier alpha value is -2.15. The first kappa shape index (κ1) is 16.7. The molecule has 0 N–H and O–H groups in total. The van der Waals surface area contributed by atoms with Gasteiger partial charge in [-0.3, -0.25) is 4.79 Å². The number of rotatable bonds is 3. The Kier molecular flexibility index (Phi) is 4.99. The van der Waals surface area contributed by atoms with Crippen LogP contribution in [-0.4, -0.2) is 61.0 Å². The minimum Gasteiger partial charge on any atom is -0.360 e. The summed E-state index contributed by atoms with van der Waals surface area (Å²) < 4.78 is 0. The van der Waals surface area contributed by atoms with Crippen molar-refractivity contribution in [2.45, 2.75) is 13.3 Å². The van der Waals surface area contributed by atoms with E-state index in [9.17, 15) is 4.79 Å². The van der Waals surface area contributed by atoms with E-state index < -0.39 is 0 Å². The molecule has 0 bridgehead atoms. The summed E-state index contributed by atoms with van der Waals surface area (Å²) in [5.41, 5.74) is 1.06. The first-order chi connectivity index (χ1) is 11.6. The molecule has 0 atom stereocenters. The number of aromatic nitrogens is 2. The van der Waals surface area contributed by atoms with Gasteiger partial charge in [0.2, 0.25) is 0 Å². The summed E-state index contributed by atoms with van der Waals surface area (Å²) in [7, 11) is 3.95. The minimum atomic E-state index is 0.149. The van der Waals surface area contributed by atoms with E-state index in [2.05, 4.69) is 14.9 Å². The number of hydrogen-bond donors (Lipinski definition) is 0. The zero-order valence-corrected chi connectivity index (χ0v) is 15.2. The van der Waals surface area contributed by atoms with Gasteiger partial charge in [-0.1, -0.05) is 0 Å². The normalized spacial score (nSPS) is 15.3. The average Bonchev–Trinajstić information content (AvgIpc) is 2.86. The molecular formula is C17H23N5OS. The fraction of sp³-hybridized carbons (Fsp3) is 0.471. The minimum absolute atomic E-state index is 0.149. The largest absolute Gasteiger partial charge is 0.360 e. The van der Waals surface area contributed by atoms with Gasteiger partial charge in [-0.25, -0.2) is 9.97 Å². The van der Waals surface area contributed by atoms with E-state index in [1.807, 2.05) is 42.3 Å². The van der Waals surface area contributed by atoms with Gasteiger partial charge in [0, 0.05) is 52.7 Å². The maximum atomic E-state index is 12.7. The molecule has 2 aromatic rings. The Balaban J connectivity index is 1.74. The van der Waals surface area contributed by atoms with Crippen LogP contribution in [0.3, 0.4) is 0 Å². The van der Waals surface area contributed by atoms with Crippen molar-refractivity contribution >= 4 is 28.9 Å². The Bertz CT molecular complexity index is 715. The summed E-state index contributed by atoms with van der Waals surface area (Å²) in [5.74, 6) is 1.91. The number of thiophene rings is 1. The number of carbonyl (C=O) groups excluding carboxylic acids is 1. The molecule has 0 saturated carbocycles. The van der Waals surface area contributed by atoms with Crippen LogP contribution in [0.5, 0.6) is 0 Å². The van der Waals surface area contributed by atoms with Crippen molar-refractivity contribution in [1.29, 1.82) is 0 Å². The fourth-order valence-corrected chi connectivity index (χ4v) is 3.82. The van der Waals surface area contributed by atoms with E-state index in [0.717, 1.165) is 48.1 Å². The summed E-state index contributed by atoms with van der Waals surface area (Å²) in [6.45, 7) is 5.14. The number of hydrogen-bond acceptors (Lipinski definition) is 6. The number of nitrogens with zero attached hydrogens (tertiary/aromatic N) is 5. The highest BCUT2D eigenvalue weighted by atomic mass is 32.1. The quantitative estimate of drug-likeness (QED) is 0.854. The Morgan fingerprint density at radius 1 is 1.17 bits per heavy atom. The van der Waals surface area contributed by atoms with Crippen LogP contribution in [0.2, 0.25) is 0 Å². The highest BCUT2D eigenvalue weighted by Gasteiger charge is 2.24. The maximum absolute atomic E-state index is 12.7. The number of amides is 1. The SMILES string of the molecule is Cc1ccsc1C(=O)N1CCCN(c2nccnc2N(C)C)CC1. The van der Waals surface area contributed by atoms with Crippen molar-refractivity contribution in [2.75, 3.05) is 50.1 Å². The second-order valence-electron chi connectivity index (χ2n) is 6.16. The van der Waals surface area contributed by atoms with Crippen molar-refractivity contribution in [3.8, 4) is 0 Å². The van der Waals surface area contributed by atoms with Crippen LogP contribution >= 0.6 is 11.3 Å². The maximum Gasteiger partial charge on any atom is 0.264 e. The lowest BCUT2D eigenvalue weighted by atomic mass is 10.2. The van der Waals surface area contributed by atoms with Crippen LogP contribution < -0.4 is 9.80 Å². The molecule has 3 rings (SSSR count). The predicted octanol–water partition coefficient (Wildman–Crippen LogP) is 2.27. The molecule has 2 aromatic heterocycles. The van der Waals surface area contributed by atoms with E-state index in [4.69, 9.17) is 0 Å². The van der Waals surface area contributed by atoms with E-state index in [-0.39, 0.29) is 5.91 Å². The van der Waals surface area contributed by atoms with Gasteiger partial charge in [-0.2, -0.15) is 0 Å². The van der Waals surface area contributed by atoms with Crippen LogP contribution in [-0.2, 0) is 0 Å². The molecular weight excluding hydrogens is 322 g/mol. The number of carbonyl (C=O) groups is 1. The molecule has 6 nitrogen and oxygen atoms in total. The second-order valence-corrected chi connectivity index (χ2v) is 7.08. The molecule has 0 aromatic carbocycles. The first-order valence-corrected chi connectivity index (χ1v) is 9.02. The molecule has 1 aliphatic heterocycles. The van der Waals surface area contributed by atoms with Gasteiger partial charge in [0.15, 0.2) is 11.6 Å². The third kappa shape index (κ3) is 3.36. The third-order valence-electron chi connectivity index (χ3n) is 4.22. The fourth-order valence-electron chi connectivity index (χ4n) is 2.93. The summed E-state index contributed by atoms with van der Waals surface area (Å²) in [5, 5.41) is 1.98. The summed E-state index contributed by atoms with van der Waals surface area (Å²) >= 11 is 1.53. The highest BCUT2D eigenvalue weighted by molar-refractivity contribution is 7.12. The van der Waals surface area contributed by atoms with Crippen molar-refractivity contribution in [3.63, 3.8) is 0 Å². The first-order valence-electron chi connectivity index (χ1n) is 8.14. The average molecular weight is 345 g/mol. The van der Waals surface area contributed by atoms with Crippen molar-refractivity contribution < 1.29 is 4.79 Å². The molecule has 7 heteroatoms. The molecule has 1 fully saturated rings. The van der Waals surface area contributed by atoms with E-state index >= 15 is 0 Å². The smallest absolute Gasteiger partial charge is 0.264 e. The van der Waals surface area contributed by atoms with Gasteiger partial charge in [0.05, 0.1) is 4.88 Å². The molecule has 1 aliphatic rings. The van der Waals surface area contributed by atoms with Crippen molar-refractivity contribution in [3.05, 3.63) is 34.3 Å². The Morgan fingerprint density at radius 3 is 2.67 bits per heavy atom. The predicted molar refractivity (Wildman–Crippen MR) is 98.1 cm³/mol. The lowest BCUT2D eigenvalue weighted by Gasteiger charge is -2.26. The van der Waals surface area contributed by atoms with Gasteiger partial charge in [0.1, 0.15) is 0 Å². The number of anilines is 2. The zero-order chi connectivity index (χ0) is 17.1. The standard InChI is InChI=1S/C17H23N5OS/c1-13-5-12-24-14(13)17(23)22-9-4-8-21(10-11-22)16-15(20(2)3)18-6-7-19-16/h5-7,12H,4,8-11H2,1-3H3. The van der Waals surface area contributed by atoms with Crippen LogP contribution in [0.1, 0.15) is 21.7 Å². The number of aryl methyl sites for hydroxylation is 1. The van der Waals surface area contributed by atoms with Crippen LogP contribution in [0.4, 0.5) is 11.6 Å². The van der Waals surface area contributed by atoms with Gasteiger partial charge in [-0.05, 0) is 30.4 Å². The summed E-state index contributed by atoms with van der Waals surface area (Å²) in [6.07, 6.45) is 4.37. The Labute approximate surface area is 146 Å². The van der Waals surface area contributed by atoms with Gasteiger partial charge in [0.25, 0.3) is 5.91 Å². The molecule has 1 saturated heterocycles. The molecule has 0 aliphatic carbocycles. The Morgan fingerprint density at radius 2 is 1.96 bits per heavy atom. The molecule has 0 radical (unpaired) electrons. The summed E-state index contributed by atoms with van der Waals surface area (Å²) in [4.78, 5) is 28.7. The molecule has 24 heavy (non-hydrogen) atoms. The molecule has 0 unspecified atom stereocenters. The lowest BCUT2D eigenvalue weighted by molar-refractivity contribution is 0.0771. The van der Waals surface area contributed by atoms with E-state index in [1.54, 1.807) is 12.4 Å². The highest BCUT2D eigenvalue weighted by Crippen LogP contribution is 2.24. The monoisotopic (exact) mass is 345 g/mol. The van der Waals surface area contributed by atoms with Gasteiger partial charge >= 0.3 is 0 Å². The molecule has 128 valence electrons. The van der Waals surface area contributed by atoms with E-state index in [0.29, 0.717) is 6.54 Å². The zero-order valence-electron chi connectivity index (χ0n) is 14.4. The van der Waals surface area contributed by atoms with E-state index in [1.165, 1.54) is 11.3 Å². The van der Waals surface area contributed by atoms with Gasteiger partial charge < -0.3 is 14.7 Å². The van der Waals surface area contributed by atoms with Crippen LogP contribution in [0, 0.1) is 6.92 Å². The van der Waals surface area contributed by atoms with Crippen molar-refractivity contribution in [1.82, 2.24) is 14.9 Å². The van der Waals surface area contributed by atoms with Crippen molar-refractivity contribution in [2.24, 2.45) is 0 Å². The third-order valence-corrected chi connectivity index (χ3v) is 5.23. The molecule has 1 amide bonds.